The van der Waals surface area contributed by atoms with Crippen molar-refractivity contribution >= 4 is 23.2 Å². The van der Waals surface area contributed by atoms with Crippen LogP contribution in [0.1, 0.15) is 26.7 Å². The van der Waals surface area contributed by atoms with Crippen LogP contribution in [0, 0.1) is 0 Å². The first kappa shape index (κ1) is 20.8. The molecule has 2 amide bonds. The summed E-state index contributed by atoms with van der Waals surface area (Å²) in [5.74, 6) is -1.36. The van der Waals surface area contributed by atoms with Crippen LogP contribution in [0.15, 0.2) is 35.6 Å². The van der Waals surface area contributed by atoms with Crippen molar-refractivity contribution < 1.29 is 14.7 Å². The standard InChI is InChI=1S/C20H30N4O3/c1-5-7-12-24(6-2)15-10-8-14(9-11-15)21-19(26)17-18(25)16(13-23(3)4)22-20(17)27/h8-11,16,25H,5-7,12-13H2,1-4H3,(H,21,26)(H,22,27). The van der Waals surface area contributed by atoms with E-state index in [1.165, 1.54) is 0 Å². The van der Waals surface area contributed by atoms with Crippen LogP contribution in [0.3, 0.4) is 0 Å². The Morgan fingerprint density at radius 2 is 1.89 bits per heavy atom. The normalized spacial score (nSPS) is 16.6. The van der Waals surface area contributed by atoms with E-state index in [0.717, 1.165) is 31.6 Å². The number of anilines is 2. The number of rotatable bonds is 9. The molecule has 0 radical (unpaired) electrons. The summed E-state index contributed by atoms with van der Waals surface area (Å²) in [6.45, 7) is 6.61. The second kappa shape index (κ2) is 9.41. The number of unbranched alkanes of at least 4 members (excludes halogenated alkanes) is 1. The summed E-state index contributed by atoms with van der Waals surface area (Å²) >= 11 is 0. The Morgan fingerprint density at radius 1 is 1.22 bits per heavy atom. The monoisotopic (exact) mass is 374 g/mol. The summed E-state index contributed by atoms with van der Waals surface area (Å²) in [6.07, 6.45) is 2.27. The van der Waals surface area contributed by atoms with Crippen molar-refractivity contribution in [3.63, 3.8) is 0 Å². The van der Waals surface area contributed by atoms with Gasteiger partial charge in [-0.1, -0.05) is 13.3 Å². The third kappa shape index (κ3) is 5.23. The molecule has 27 heavy (non-hydrogen) atoms. The summed E-state index contributed by atoms with van der Waals surface area (Å²) in [7, 11) is 3.66. The first-order valence-corrected chi connectivity index (χ1v) is 9.42. The van der Waals surface area contributed by atoms with Gasteiger partial charge in [0, 0.05) is 31.0 Å². The molecular weight excluding hydrogens is 344 g/mol. The predicted molar refractivity (Wildman–Crippen MR) is 108 cm³/mol. The Morgan fingerprint density at radius 3 is 2.44 bits per heavy atom. The number of nitrogens with zero attached hydrogens (tertiary/aromatic N) is 2. The number of likely N-dealkylation sites (N-methyl/N-ethyl adjacent to an activating group) is 1. The van der Waals surface area contributed by atoms with Crippen LogP contribution in [0.25, 0.3) is 0 Å². The number of hydrogen-bond acceptors (Lipinski definition) is 5. The van der Waals surface area contributed by atoms with Gasteiger partial charge in [0.1, 0.15) is 17.4 Å². The van der Waals surface area contributed by atoms with Gasteiger partial charge < -0.3 is 25.5 Å². The molecular formula is C20H30N4O3. The molecule has 0 aromatic heterocycles. The molecule has 7 heteroatoms. The van der Waals surface area contributed by atoms with E-state index in [-0.39, 0.29) is 11.3 Å². The lowest BCUT2D eigenvalue weighted by Gasteiger charge is -2.23. The minimum atomic E-state index is -0.600. The number of aliphatic hydroxyl groups is 1. The van der Waals surface area contributed by atoms with Crippen molar-refractivity contribution in [2.45, 2.75) is 32.7 Å². The largest absolute Gasteiger partial charge is 0.509 e. The summed E-state index contributed by atoms with van der Waals surface area (Å²) in [6, 6.07) is 6.96. The minimum absolute atomic E-state index is 0.209. The zero-order valence-electron chi connectivity index (χ0n) is 16.6. The maximum atomic E-state index is 12.5. The average molecular weight is 374 g/mol. The van der Waals surface area contributed by atoms with E-state index in [9.17, 15) is 14.7 Å². The van der Waals surface area contributed by atoms with Gasteiger partial charge in [0.05, 0.1) is 0 Å². The number of benzene rings is 1. The third-order valence-corrected chi connectivity index (χ3v) is 4.55. The molecule has 2 rings (SSSR count). The number of carbonyl (C=O) groups excluding carboxylic acids is 2. The lowest BCUT2D eigenvalue weighted by Crippen LogP contribution is -2.37. The molecule has 0 spiro atoms. The van der Waals surface area contributed by atoms with Gasteiger partial charge in [-0.05, 0) is 51.7 Å². The van der Waals surface area contributed by atoms with E-state index >= 15 is 0 Å². The molecule has 0 saturated carbocycles. The second-order valence-corrected chi connectivity index (χ2v) is 6.98. The molecule has 1 aliphatic heterocycles. The Hall–Kier alpha value is -2.54. The molecule has 148 valence electrons. The quantitative estimate of drug-likeness (QED) is 0.577. The zero-order chi connectivity index (χ0) is 20.0. The van der Waals surface area contributed by atoms with E-state index in [2.05, 4.69) is 29.4 Å². The molecule has 3 N–H and O–H groups in total. The van der Waals surface area contributed by atoms with E-state index in [1.54, 1.807) is 0 Å². The topological polar surface area (TPSA) is 84.9 Å². The summed E-state index contributed by atoms with van der Waals surface area (Å²) in [5.41, 5.74) is 1.46. The third-order valence-electron chi connectivity index (χ3n) is 4.55. The molecule has 1 atom stereocenters. The van der Waals surface area contributed by atoms with Gasteiger partial charge in [0.25, 0.3) is 11.8 Å². The Labute approximate surface area is 161 Å². The molecule has 0 bridgehead atoms. The van der Waals surface area contributed by atoms with E-state index in [4.69, 9.17) is 0 Å². The van der Waals surface area contributed by atoms with Crippen molar-refractivity contribution in [2.75, 3.05) is 43.9 Å². The van der Waals surface area contributed by atoms with Crippen LogP contribution in [-0.4, -0.2) is 61.6 Å². The summed E-state index contributed by atoms with van der Waals surface area (Å²) < 4.78 is 0. The SMILES string of the molecule is CCCCN(CC)c1ccc(NC(=O)C2=C(O)C(CN(C)C)NC2=O)cc1. The lowest BCUT2D eigenvalue weighted by molar-refractivity contribution is -0.120. The van der Waals surface area contributed by atoms with Gasteiger partial charge in [0.2, 0.25) is 0 Å². The number of aliphatic hydroxyl groups excluding tert-OH is 1. The van der Waals surface area contributed by atoms with Crippen molar-refractivity contribution in [2.24, 2.45) is 0 Å². The van der Waals surface area contributed by atoms with Crippen LogP contribution in [0.2, 0.25) is 0 Å². The van der Waals surface area contributed by atoms with Crippen molar-refractivity contribution in [1.82, 2.24) is 10.2 Å². The highest BCUT2D eigenvalue weighted by Gasteiger charge is 2.36. The second-order valence-electron chi connectivity index (χ2n) is 6.98. The predicted octanol–water partition coefficient (Wildman–Crippen LogP) is 2.12. The maximum absolute atomic E-state index is 12.5. The Bertz CT molecular complexity index is 698. The first-order valence-electron chi connectivity index (χ1n) is 9.42. The van der Waals surface area contributed by atoms with Gasteiger partial charge in [-0.25, -0.2) is 0 Å². The van der Waals surface area contributed by atoms with E-state index in [1.807, 2.05) is 43.3 Å². The van der Waals surface area contributed by atoms with Gasteiger partial charge in [-0.15, -0.1) is 0 Å². The van der Waals surface area contributed by atoms with Crippen LogP contribution >= 0.6 is 0 Å². The van der Waals surface area contributed by atoms with Crippen LogP contribution in [-0.2, 0) is 9.59 Å². The Kier molecular flexibility index (Phi) is 7.24. The highest BCUT2D eigenvalue weighted by Crippen LogP contribution is 2.21. The first-order chi connectivity index (χ1) is 12.9. The number of amides is 2. The molecule has 0 saturated heterocycles. The smallest absolute Gasteiger partial charge is 0.264 e. The highest BCUT2D eigenvalue weighted by molar-refractivity contribution is 6.24. The van der Waals surface area contributed by atoms with Gasteiger partial charge >= 0.3 is 0 Å². The number of nitrogens with one attached hydrogen (secondary N) is 2. The molecule has 1 aliphatic rings. The molecule has 1 aromatic rings. The number of hydrogen-bond donors (Lipinski definition) is 3. The van der Waals surface area contributed by atoms with Crippen molar-refractivity contribution in [3.05, 3.63) is 35.6 Å². The molecule has 1 unspecified atom stereocenters. The van der Waals surface area contributed by atoms with E-state index < -0.39 is 17.9 Å². The fourth-order valence-corrected chi connectivity index (χ4v) is 3.07. The summed E-state index contributed by atoms with van der Waals surface area (Å²) in [5, 5.41) is 15.6. The fourth-order valence-electron chi connectivity index (χ4n) is 3.07. The van der Waals surface area contributed by atoms with Crippen molar-refractivity contribution in [1.29, 1.82) is 0 Å². The zero-order valence-corrected chi connectivity index (χ0v) is 16.6. The molecule has 1 aromatic carbocycles. The van der Waals surface area contributed by atoms with Crippen molar-refractivity contribution in [3.8, 4) is 0 Å². The van der Waals surface area contributed by atoms with Gasteiger partial charge in [0.15, 0.2) is 0 Å². The molecule has 1 heterocycles. The van der Waals surface area contributed by atoms with E-state index in [0.29, 0.717) is 12.2 Å². The van der Waals surface area contributed by atoms with Crippen LogP contribution in [0.4, 0.5) is 11.4 Å². The van der Waals surface area contributed by atoms with Crippen LogP contribution in [0.5, 0.6) is 0 Å². The average Bonchev–Trinajstić information content (AvgIpc) is 2.89. The van der Waals surface area contributed by atoms with Gasteiger partial charge in [-0.3, -0.25) is 9.59 Å². The fraction of sp³-hybridized carbons (Fsp3) is 0.500. The number of carbonyl (C=O) groups is 2. The highest BCUT2D eigenvalue weighted by atomic mass is 16.3. The molecule has 7 nitrogen and oxygen atoms in total. The summed E-state index contributed by atoms with van der Waals surface area (Å²) in [4.78, 5) is 28.7. The molecule has 0 fully saturated rings. The lowest BCUT2D eigenvalue weighted by atomic mass is 10.1. The minimum Gasteiger partial charge on any atom is -0.509 e. The Balaban J connectivity index is 2.07. The maximum Gasteiger partial charge on any atom is 0.264 e. The van der Waals surface area contributed by atoms with Crippen LogP contribution < -0.4 is 15.5 Å². The molecule has 0 aliphatic carbocycles. The van der Waals surface area contributed by atoms with Gasteiger partial charge in [-0.2, -0.15) is 0 Å².